The van der Waals surface area contributed by atoms with Crippen LogP contribution in [-0.4, -0.2) is 32.3 Å². The Balaban J connectivity index is 1.73. The van der Waals surface area contributed by atoms with E-state index in [-0.39, 0.29) is 12.6 Å². The van der Waals surface area contributed by atoms with Gasteiger partial charge in [-0.3, -0.25) is 0 Å². The van der Waals surface area contributed by atoms with Gasteiger partial charge in [-0.05, 0) is 30.2 Å². The van der Waals surface area contributed by atoms with Crippen LogP contribution >= 0.6 is 0 Å². The Morgan fingerprint density at radius 3 is 2.45 bits per heavy atom. The van der Waals surface area contributed by atoms with Gasteiger partial charge in [-0.25, -0.2) is 9.59 Å². The van der Waals surface area contributed by atoms with Crippen LogP contribution in [0, 0.1) is 0 Å². The van der Waals surface area contributed by atoms with Crippen molar-refractivity contribution in [2.24, 2.45) is 0 Å². The molecule has 0 fully saturated rings. The van der Waals surface area contributed by atoms with E-state index in [1.165, 1.54) is 7.11 Å². The van der Waals surface area contributed by atoms with Gasteiger partial charge in [0.25, 0.3) is 0 Å². The molecule has 0 saturated carbocycles. The molecule has 2 aromatic rings. The van der Waals surface area contributed by atoms with Gasteiger partial charge in [0, 0.05) is 12.8 Å². The molecule has 0 aliphatic carbocycles. The molecule has 29 heavy (non-hydrogen) atoms. The molecule has 1 heterocycles. The number of carbonyl (C=O) groups is 2. The monoisotopic (exact) mass is 396 g/mol. The highest BCUT2D eigenvalue weighted by Gasteiger charge is 2.32. The van der Waals surface area contributed by atoms with E-state index >= 15 is 0 Å². The van der Waals surface area contributed by atoms with Crippen molar-refractivity contribution in [2.75, 3.05) is 20.3 Å². The minimum Gasteiger partial charge on any atom is -0.489 e. The van der Waals surface area contributed by atoms with Crippen molar-refractivity contribution in [1.29, 1.82) is 0 Å². The van der Waals surface area contributed by atoms with Crippen LogP contribution < -0.4 is 15.4 Å². The lowest BCUT2D eigenvalue weighted by molar-refractivity contribution is -0.140. The molecule has 1 aliphatic rings. The Hall–Kier alpha value is -3.32. The summed E-state index contributed by atoms with van der Waals surface area (Å²) in [5.74, 6) is 0.198. The molecule has 0 spiro atoms. The normalized spacial score (nSPS) is 16.1. The Bertz CT molecular complexity index is 878. The highest BCUT2D eigenvalue weighted by Crippen LogP contribution is 2.29. The second-order valence-corrected chi connectivity index (χ2v) is 6.54. The van der Waals surface area contributed by atoms with E-state index in [0.717, 1.165) is 11.1 Å². The van der Waals surface area contributed by atoms with Gasteiger partial charge in [0.1, 0.15) is 19.0 Å². The lowest BCUT2D eigenvalue weighted by Gasteiger charge is -2.28. The smallest absolute Gasteiger partial charge is 0.338 e. The SMILES string of the molecule is COCCOC(=O)C1=C(C)NC(=O)N[C@@H]1c1ccc(OCc2ccccc2)cc1. The zero-order chi connectivity index (χ0) is 20.6. The number of hydrogen-bond acceptors (Lipinski definition) is 5. The summed E-state index contributed by atoms with van der Waals surface area (Å²) in [5.41, 5.74) is 2.65. The zero-order valence-corrected chi connectivity index (χ0v) is 16.4. The first-order chi connectivity index (χ1) is 14.1. The van der Waals surface area contributed by atoms with E-state index in [9.17, 15) is 9.59 Å². The predicted molar refractivity (Wildman–Crippen MR) is 107 cm³/mol. The predicted octanol–water partition coefficient (Wildman–Crippen LogP) is 3.08. The van der Waals surface area contributed by atoms with Crippen LogP contribution in [0.25, 0.3) is 0 Å². The van der Waals surface area contributed by atoms with Crippen molar-refractivity contribution in [3.8, 4) is 5.75 Å². The number of benzene rings is 2. The molecule has 3 rings (SSSR count). The van der Waals surface area contributed by atoms with Crippen LogP contribution in [-0.2, 0) is 20.9 Å². The highest BCUT2D eigenvalue weighted by molar-refractivity contribution is 5.95. The van der Waals surface area contributed by atoms with Gasteiger partial charge in [-0.15, -0.1) is 0 Å². The van der Waals surface area contributed by atoms with Gasteiger partial charge in [0.15, 0.2) is 0 Å². The summed E-state index contributed by atoms with van der Waals surface area (Å²) in [4.78, 5) is 24.5. The molecule has 0 unspecified atom stereocenters. The van der Waals surface area contributed by atoms with Crippen LogP contribution in [0.1, 0.15) is 24.1 Å². The summed E-state index contributed by atoms with van der Waals surface area (Å²) < 4.78 is 16.0. The molecule has 1 atom stereocenters. The van der Waals surface area contributed by atoms with Gasteiger partial charge in [0.05, 0.1) is 18.2 Å². The molecule has 2 aromatic carbocycles. The molecule has 0 saturated heterocycles. The van der Waals surface area contributed by atoms with Gasteiger partial charge < -0.3 is 24.8 Å². The Morgan fingerprint density at radius 1 is 1.03 bits per heavy atom. The quantitative estimate of drug-likeness (QED) is 0.529. The fraction of sp³-hybridized carbons (Fsp3) is 0.273. The van der Waals surface area contributed by atoms with E-state index in [2.05, 4.69) is 10.6 Å². The number of ether oxygens (including phenoxy) is 3. The number of nitrogens with one attached hydrogen (secondary N) is 2. The number of methoxy groups -OCH3 is 1. The number of allylic oxidation sites excluding steroid dienone is 1. The summed E-state index contributed by atoms with van der Waals surface area (Å²) in [5, 5.41) is 5.40. The first-order valence-corrected chi connectivity index (χ1v) is 9.29. The number of urea groups is 1. The molecule has 2 amide bonds. The van der Waals surface area contributed by atoms with Gasteiger partial charge >= 0.3 is 12.0 Å². The van der Waals surface area contributed by atoms with Crippen LogP contribution in [0.5, 0.6) is 5.75 Å². The number of esters is 1. The molecule has 152 valence electrons. The van der Waals surface area contributed by atoms with Crippen molar-refractivity contribution in [3.05, 3.63) is 77.0 Å². The fourth-order valence-corrected chi connectivity index (χ4v) is 3.01. The van der Waals surface area contributed by atoms with Crippen LogP contribution in [0.15, 0.2) is 65.9 Å². The third-order valence-corrected chi connectivity index (χ3v) is 4.47. The Morgan fingerprint density at radius 2 is 1.76 bits per heavy atom. The average molecular weight is 396 g/mol. The molecule has 0 radical (unpaired) electrons. The molecule has 7 heteroatoms. The first kappa shape index (κ1) is 20.4. The molecule has 2 N–H and O–H groups in total. The fourth-order valence-electron chi connectivity index (χ4n) is 3.01. The zero-order valence-electron chi connectivity index (χ0n) is 16.4. The maximum absolute atomic E-state index is 12.5. The minimum absolute atomic E-state index is 0.138. The van der Waals surface area contributed by atoms with Crippen LogP contribution in [0.4, 0.5) is 4.79 Å². The Labute approximate surface area is 169 Å². The molecular weight excluding hydrogens is 372 g/mol. The second-order valence-electron chi connectivity index (χ2n) is 6.54. The second kappa shape index (κ2) is 9.75. The third kappa shape index (κ3) is 5.36. The van der Waals surface area contributed by atoms with E-state index in [1.54, 1.807) is 6.92 Å². The van der Waals surface area contributed by atoms with Crippen molar-refractivity contribution in [1.82, 2.24) is 10.6 Å². The topological polar surface area (TPSA) is 85.9 Å². The number of amides is 2. The minimum atomic E-state index is -0.609. The van der Waals surface area contributed by atoms with Crippen molar-refractivity contribution < 1.29 is 23.8 Å². The summed E-state index contributed by atoms with van der Waals surface area (Å²) >= 11 is 0. The van der Waals surface area contributed by atoms with Crippen molar-refractivity contribution in [3.63, 3.8) is 0 Å². The molecular formula is C22H24N2O5. The maximum Gasteiger partial charge on any atom is 0.338 e. The molecule has 1 aliphatic heterocycles. The van der Waals surface area contributed by atoms with Gasteiger partial charge in [0.2, 0.25) is 0 Å². The molecule has 7 nitrogen and oxygen atoms in total. The number of rotatable bonds is 8. The van der Waals surface area contributed by atoms with Crippen LogP contribution in [0.2, 0.25) is 0 Å². The molecule has 0 bridgehead atoms. The third-order valence-electron chi connectivity index (χ3n) is 4.47. The van der Waals surface area contributed by atoms with Crippen LogP contribution in [0.3, 0.4) is 0 Å². The summed E-state index contributed by atoms with van der Waals surface area (Å²) in [7, 11) is 1.53. The lowest BCUT2D eigenvalue weighted by Crippen LogP contribution is -2.45. The summed E-state index contributed by atoms with van der Waals surface area (Å²) in [6, 6.07) is 16.2. The first-order valence-electron chi connectivity index (χ1n) is 9.29. The van der Waals surface area contributed by atoms with Crippen molar-refractivity contribution in [2.45, 2.75) is 19.6 Å². The highest BCUT2D eigenvalue weighted by atomic mass is 16.6. The van der Waals surface area contributed by atoms with E-state index in [0.29, 0.717) is 30.2 Å². The van der Waals surface area contributed by atoms with Gasteiger partial charge in [-0.1, -0.05) is 42.5 Å². The van der Waals surface area contributed by atoms with E-state index < -0.39 is 12.0 Å². The maximum atomic E-state index is 12.5. The van der Waals surface area contributed by atoms with E-state index in [1.807, 2.05) is 54.6 Å². The number of carbonyl (C=O) groups excluding carboxylic acids is 2. The Kier molecular flexibility index (Phi) is 6.86. The lowest BCUT2D eigenvalue weighted by atomic mass is 9.95. The summed E-state index contributed by atoms with van der Waals surface area (Å²) in [6.45, 7) is 2.57. The van der Waals surface area contributed by atoms with E-state index in [4.69, 9.17) is 14.2 Å². The standard InChI is InChI=1S/C22H24N2O5/c1-15-19(21(25)28-13-12-27-2)20(24-22(26)23-15)17-8-10-18(11-9-17)29-14-16-6-4-3-5-7-16/h3-11,20H,12-14H2,1-2H3,(H2,23,24,26)/t20-/m1/s1. The number of hydrogen-bond donors (Lipinski definition) is 2. The largest absolute Gasteiger partial charge is 0.489 e. The van der Waals surface area contributed by atoms with Gasteiger partial charge in [-0.2, -0.15) is 0 Å². The average Bonchev–Trinajstić information content (AvgIpc) is 2.73. The summed E-state index contributed by atoms with van der Waals surface area (Å²) in [6.07, 6.45) is 0. The molecule has 0 aromatic heterocycles. The van der Waals surface area contributed by atoms with Crippen molar-refractivity contribution >= 4 is 12.0 Å².